The summed E-state index contributed by atoms with van der Waals surface area (Å²) in [4.78, 5) is 20.0. The monoisotopic (exact) mass is 202 g/mol. The van der Waals surface area contributed by atoms with E-state index in [0.717, 1.165) is 0 Å². The highest BCUT2D eigenvalue weighted by atomic mass is 16.7. The van der Waals surface area contributed by atoms with Crippen LogP contribution in [-0.4, -0.2) is 24.8 Å². The van der Waals surface area contributed by atoms with Crippen molar-refractivity contribution in [1.82, 2.24) is 0 Å². The topological polar surface area (TPSA) is 65.1 Å². The van der Waals surface area contributed by atoms with Gasteiger partial charge in [0.15, 0.2) is 0 Å². The number of cyclic esters (lactones) is 1. The molecule has 1 heterocycles. The van der Waals surface area contributed by atoms with Gasteiger partial charge in [0, 0.05) is 0 Å². The predicted octanol–water partition coefficient (Wildman–Crippen LogP) is 1.62. The average molecular weight is 202 g/mol. The SMILES string of the molecule is C=C1OC1=O.CCOC(=O)OC(C)C. The van der Waals surface area contributed by atoms with Crippen molar-refractivity contribution in [1.29, 1.82) is 0 Å². The fourth-order valence-electron chi connectivity index (χ4n) is 0.431. The summed E-state index contributed by atoms with van der Waals surface area (Å²) in [5.74, 6) is 0.00926. The lowest BCUT2D eigenvalue weighted by Gasteiger charge is -2.05. The molecular formula is C9H14O5. The summed E-state index contributed by atoms with van der Waals surface area (Å²) in [5.41, 5.74) is 0. The first-order valence-corrected chi connectivity index (χ1v) is 4.21. The molecule has 80 valence electrons. The first kappa shape index (κ1) is 12.5. The summed E-state index contributed by atoms with van der Waals surface area (Å²) in [6, 6.07) is 0. The molecule has 1 aliphatic heterocycles. The second-order valence-electron chi connectivity index (χ2n) is 2.66. The highest BCUT2D eigenvalue weighted by molar-refractivity contribution is 5.99. The molecule has 0 aromatic rings. The fourth-order valence-corrected chi connectivity index (χ4v) is 0.431. The molecule has 0 aromatic heterocycles. The molecule has 0 spiro atoms. The summed E-state index contributed by atoms with van der Waals surface area (Å²) in [6.45, 7) is 8.83. The smallest absolute Gasteiger partial charge is 0.435 e. The maximum absolute atomic E-state index is 10.4. The van der Waals surface area contributed by atoms with Gasteiger partial charge < -0.3 is 14.2 Å². The van der Waals surface area contributed by atoms with Crippen LogP contribution in [0, 0.1) is 0 Å². The van der Waals surface area contributed by atoms with Gasteiger partial charge in [-0.05, 0) is 27.4 Å². The van der Waals surface area contributed by atoms with E-state index in [1.165, 1.54) is 0 Å². The zero-order valence-corrected chi connectivity index (χ0v) is 8.53. The van der Waals surface area contributed by atoms with E-state index in [1.807, 2.05) is 0 Å². The summed E-state index contributed by atoms with van der Waals surface area (Å²) >= 11 is 0. The second-order valence-corrected chi connectivity index (χ2v) is 2.66. The van der Waals surface area contributed by atoms with Crippen molar-refractivity contribution in [3.05, 3.63) is 12.3 Å². The highest BCUT2D eigenvalue weighted by Crippen LogP contribution is 2.11. The Hall–Kier alpha value is -1.52. The molecule has 1 aliphatic rings. The Morgan fingerprint density at radius 1 is 1.57 bits per heavy atom. The number of hydrogen-bond acceptors (Lipinski definition) is 5. The van der Waals surface area contributed by atoms with Crippen LogP contribution in [-0.2, 0) is 19.0 Å². The van der Waals surface area contributed by atoms with Gasteiger partial charge in [-0.2, -0.15) is 0 Å². The zero-order valence-electron chi connectivity index (χ0n) is 8.53. The lowest BCUT2D eigenvalue weighted by atomic mass is 10.5. The number of epoxide rings is 1. The molecule has 0 unspecified atom stereocenters. The van der Waals surface area contributed by atoms with Gasteiger partial charge in [-0.3, -0.25) is 0 Å². The van der Waals surface area contributed by atoms with Crippen LogP contribution >= 0.6 is 0 Å². The Morgan fingerprint density at radius 2 is 2.00 bits per heavy atom. The van der Waals surface area contributed by atoms with Crippen LogP contribution in [0.25, 0.3) is 0 Å². The molecule has 0 radical (unpaired) electrons. The van der Waals surface area contributed by atoms with E-state index < -0.39 is 6.16 Å². The van der Waals surface area contributed by atoms with E-state index in [9.17, 15) is 9.59 Å². The van der Waals surface area contributed by atoms with Crippen LogP contribution in [0.2, 0.25) is 0 Å². The Bertz CT molecular complexity index is 219. The third kappa shape index (κ3) is 7.15. The molecule has 0 aliphatic carbocycles. The van der Waals surface area contributed by atoms with Crippen LogP contribution in [0.3, 0.4) is 0 Å². The number of carbonyl (C=O) groups excluding carboxylic acids is 2. The van der Waals surface area contributed by atoms with Crippen LogP contribution in [0.15, 0.2) is 12.3 Å². The minimum absolute atomic E-state index is 0.0935. The first-order chi connectivity index (χ1) is 6.47. The standard InChI is InChI=1S/C6H12O3.C3H2O2/c1-4-8-6(7)9-5(2)3;1-2-3(4)5-2/h5H,4H2,1-3H3;1H2. The molecule has 0 N–H and O–H groups in total. The fraction of sp³-hybridized carbons (Fsp3) is 0.556. The minimum Gasteiger partial charge on any atom is -0.435 e. The Balaban J connectivity index is 0.000000280. The van der Waals surface area contributed by atoms with Crippen molar-refractivity contribution in [3.8, 4) is 0 Å². The maximum atomic E-state index is 10.4. The second kappa shape index (κ2) is 6.01. The number of carbonyl (C=O) groups is 2. The van der Waals surface area contributed by atoms with Gasteiger partial charge in [-0.1, -0.05) is 0 Å². The third-order valence-electron chi connectivity index (χ3n) is 0.996. The van der Waals surface area contributed by atoms with Crippen molar-refractivity contribution in [2.45, 2.75) is 26.9 Å². The number of ether oxygens (including phenoxy) is 3. The highest BCUT2D eigenvalue weighted by Gasteiger charge is 2.26. The molecule has 1 fully saturated rings. The molecule has 5 heteroatoms. The number of hydrogen-bond donors (Lipinski definition) is 0. The van der Waals surface area contributed by atoms with Gasteiger partial charge in [0.05, 0.1) is 12.7 Å². The van der Waals surface area contributed by atoms with Crippen LogP contribution in [0.4, 0.5) is 4.79 Å². The quantitative estimate of drug-likeness (QED) is 0.386. The average Bonchev–Trinajstić information content (AvgIpc) is 2.64. The van der Waals surface area contributed by atoms with E-state index in [2.05, 4.69) is 20.8 Å². The maximum Gasteiger partial charge on any atom is 0.508 e. The van der Waals surface area contributed by atoms with E-state index in [-0.39, 0.29) is 17.8 Å². The van der Waals surface area contributed by atoms with Crippen molar-refractivity contribution in [2.75, 3.05) is 6.61 Å². The first-order valence-electron chi connectivity index (χ1n) is 4.21. The van der Waals surface area contributed by atoms with Crippen molar-refractivity contribution in [3.63, 3.8) is 0 Å². The molecule has 0 aromatic carbocycles. The van der Waals surface area contributed by atoms with Gasteiger partial charge in [0.25, 0.3) is 0 Å². The van der Waals surface area contributed by atoms with Crippen molar-refractivity contribution >= 4 is 12.1 Å². The summed E-state index contributed by atoms with van der Waals surface area (Å²) in [5, 5.41) is 0. The molecule has 5 nitrogen and oxygen atoms in total. The minimum atomic E-state index is -0.590. The van der Waals surface area contributed by atoms with E-state index in [0.29, 0.717) is 6.61 Å². The third-order valence-corrected chi connectivity index (χ3v) is 0.996. The van der Waals surface area contributed by atoms with E-state index >= 15 is 0 Å². The molecular weight excluding hydrogens is 188 g/mol. The van der Waals surface area contributed by atoms with Crippen LogP contribution in [0.5, 0.6) is 0 Å². The predicted molar refractivity (Wildman–Crippen MR) is 48.5 cm³/mol. The summed E-state index contributed by atoms with van der Waals surface area (Å²) < 4.78 is 13.2. The van der Waals surface area contributed by atoms with Gasteiger partial charge >= 0.3 is 12.1 Å². The lowest BCUT2D eigenvalue weighted by molar-refractivity contribution is -0.117. The van der Waals surface area contributed by atoms with Crippen molar-refractivity contribution in [2.24, 2.45) is 0 Å². The van der Waals surface area contributed by atoms with Gasteiger partial charge in [-0.15, -0.1) is 0 Å². The van der Waals surface area contributed by atoms with E-state index in [4.69, 9.17) is 0 Å². The molecule has 0 saturated carbocycles. The molecule has 14 heavy (non-hydrogen) atoms. The summed E-state index contributed by atoms with van der Waals surface area (Å²) in [6.07, 6.45) is -0.684. The van der Waals surface area contributed by atoms with Crippen LogP contribution < -0.4 is 0 Å². The lowest BCUT2D eigenvalue weighted by Crippen LogP contribution is -2.12. The van der Waals surface area contributed by atoms with Crippen LogP contribution in [0.1, 0.15) is 20.8 Å². The molecule has 0 amide bonds. The Labute approximate surface area is 82.6 Å². The van der Waals surface area contributed by atoms with Gasteiger partial charge in [0.1, 0.15) is 0 Å². The Kier molecular flexibility index (Phi) is 5.36. The van der Waals surface area contributed by atoms with Gasteiger partial charge in [0.2, 0.25) is 5.76 Å². The largest absolute Gasteiger partial charge is 0.508 e. The van der Waals surface area contributed by atoms with Gasteiger partial charge in [-0.25, -0.2) is 9.59 Å². The molecule has 1 rings (SSSR count). The summed E-state index contributed by atoms with van der Waals surface area (Å²) in [7, 11) is 0. The normalized spacial score (nSPS) is 12.6. The van der Waals surface area contributed by atoms with E-state index in [1.54, 1.807) is 20.8 Å². The molecule has 0 atom stereocenters. The number of rotatable bonds is 2. The molecule has 1 saturated heterocycles. The molecule has 0 bridgehead atoms. The Morgan fingerprint density at radius 3 is 2.21 bits per heavy atom. The van der Waals surface area contributed by atoms with Crippen molar-refractivity contribution < 1.29 is 23.8 Å². The zero-order chi connectivity index (χ0) is 11.1.